The van der Waals surface area contributed by atoms with E-state index in [1.165, 1.54) is 12.1 Å². The number of fused-ring (bicyclic) bond motifs is 1. The molecule has 4 rings (SSSR count). The quantitative estimate of drug-likeness (QED) is 0.586. The predicted octanol–water partition coefficient (Wildman–Crippen LogP) is 5.29. The molecule has 0 spiro atoms. The largest absolute Gasteiger partial charge is 0.348 e. The van der Waals surface area contributed by atoms with Gasteiger partial charge in [0.2, 0.25) is 0 Å². The molecule has 3 aromatic carbocycles. The molecule has 7 heteroatoms. The zero-order valence-corrected chi connectivity index (χ0v) is 17.8. The molecule has 1 aliphatic rings. The van der Waals surface area contributed by atoms with Gasteiger partial charge in [0, 0.05) is 34.5 Å². The first kappa shape index (κ1) is 20.9. The summed E-state index contributed by atoms with van der Waals surface area (Å²) in [4.78, 5) is 28.1. The van der Waals surface area contributed by atoms with Crippen molar-refractivity contribution >= 4 is 35.1 Å². The minimum Gasteiger partial charge on any atom is -0.348 e. The SMILES string of the molecule is CC1CN(C(=O)Nc2ccc(C(=O)NCc3ccc(F)cc3)cc2)c2ccccc2S1. The van der Waals surface area contributed by atoms with Gasteiger partial charge < -0.3 is 10.6 Å². The highest BCUT2D eigenvalue weighted by Gasteiger charge is 2.26. The highest BCUT2D eigenvalue weighted by atomic mass is 32.2. The maximum atomic E-state index is 13.0. The minimum atomic E-state index is -0.311. The second-order valence-electron chi connectivity index (χ2n) is 7.32. The summed E-state index contributed by atoms with van der Waals surface area (Å²) in [6.45, 7) is 3.03. The summed E-state index contributed by atoms with van der Waals surface area (Å²) in [7, 11) is 0. The summed E-state index contributed by atoms with van der Waals surface area (Å²) in [5.74, 6) is -0.549. The number of hydrogen-bond acceptors (Lipinski definition) is 3. The lowest BCUT2D eigenvalue weighted by Crippen LogP contribution is -2.41. The summed E-state index contributed by atoms with van der Waals surface area (Å²) >= 11 is 1.76. The molecule has 0 fully saturated rings. The molecule has 0 saturated heterocycles. The van der Waals surface area contributed by atoms with Crippen LogP contribution in [0.3, 0.4) is 0 Å². The van der Waals surface area contributed by atoms with Gasteiger partial charge in [0.15, 0.2) is 0 Å². The number of halogens is 1. The van der Waals surface area contributed by atoms with Crippen LogP contribution in [0, 0.1) is 5.82 Å². The van der Waals surface area contributed by atoms with E-state index in [1.807, 2.05) is 24.3 Å². The van der Waals surface area contributed by atoms with Crippen LogP contribution in [0.15, 0.2) is 77.7 Å². The number of nitrogens with zero attached hydrogens (tertiary/aromatic N) is 1. The fourth-order valence-corrected chi connectivity index (χ4v) is 4.48. The number of carbonyl (C=O) groups is 2. The van der Waals surface area contributed by atoms with Crippen LogP contribution in [-0.4, -0.2) is 23.7 Å². The molecule has 1 unspecified atom stereocenters. The van der Waals surface area contributed by atoms with E-state index in [4.69, 9.17) is 0 Å². The van der Waals surface area contributed by atoms with Crippen LogP contribution in [0.4, 0.5) is 20.6 Å². The van der Waals surface area contributed by atoms with Gasteiger partial charge in [-0.15, -0.1) is 11.8 Å². The molecule has 0 bridgehead atoms. The molecule has 0 radical (unpaired) electrons. The summed E-state index contributed by atoms with van der Waals surface area (Å²) < 4.78 is 13.0. The molecule has 3 amide bonds. The van der Waals surface area contributed by atoms with Gasteiger partial charge in [0.25, 0.3) is 5.91 Å². The van der Waals surface area contributed by atoms with Gasteiger partial charge in [0.1, 0.15) is 5.82 Å². The van der Waals surface area contributed by atoms with Crippen LogP contribution >= 0.6 is 11.8 Å². The van der Waals surface area contributed by atoms with Gasteiger partial charge in [-0.3, -0.25) is 9.69 Å². The lowest BCUT2D eigenvalue weighted by molar-refractivity contribution is 0.0951. The van der Waals surface area contributed by atoms with Crippen LogP contribution in [0.5, 0.6) is 0 Å². The summed E-state index contributed by atoms with van der Waals surface area (Å²) in [6.07, 6.45) is 0. The zero-order valence-electron chi connectivity index (χ0n) is 17.0. The average molecular weight is 436 g/mol. The summed E-state index contributed by atoms with van der Waals surface area (Å²) in [6, 6.07) is 20.4. The number of nitrogens with one attached hydrogen (secondary N) is 2. The molecular formula is C24H22FN3O2S. The lowest BCUT2D eigenvalue weighted by Gasteiger charge is -2.32. The molecule has 2 N–H and O–H groups in total. The van der Waals surface area contributed by atoms with E-state index in [1.54, 1.807) is 53.1 Å². The molecule has 1 heterocycles. The first-order valence-corrected chi connectivity index (χ1v) is 10.8. The molecular weight excluding hydrogens is 413 g/mol. The monoisotopic (exact) mass is 435 g/mol. The predicted molar refractivity (Wildman–Crippen MR) is 122 cm³/mol. The highest BCUT2D eigenvalue weighted by molar-refractivity contribution is 8.00. The third-order valence-electron chi connectivity index (χ3n) is 4.93. The van der Waals surface area contributed by atoms with Crippen molar-refractivity contribution in [3.63, 3.8) is 0 Å². The number of carbonyl (C=O) groups excluding carboxylic acids is 2. The lowest BCUT2D eigenvalue weighted by atomic mass is 10.1. The van der Waals surface area contributed by atoms with Crippen molar-refractivity contribution < 1.29 is 14.0 Å². The van der Waals surface area contributed by atoms with Crippen molar-refractivity contribution in [2.45, 2.75) is 23.6 Å². The van der Waals surface area contributed by atoms with E-state index in [9.17, 15) is 14.0 Å². The van der Waals surface area contributed by atoms with E-state index < -0.39 is 0 Å². The Labute approximate surface area is 184 Å². The molecule has 3 aromatic rings. The Morgan fingerprint density at radius 2 is 1.74 bits per heavy atom. The molecule has 1 aliphatic heterocycles. The number of para-hydroxylation sites is 1. The van der Waals surface area contributed by atoms with Crippen molar-refractivity contribution in [2.24, 2.45) is 0 Å². The Morgan fingerprint density at radius 1 is 1.03 bits per heavy atom. The summed E-state index contributed by atoms with van der Waals surface area (Å²) in [5, 5.41) is 6.01. The van der Waals surface area contributed by atoms with Crippen LogP contribution in [0.1, 0.15) is 22.8 Å². The third-order valence-corrected chi connectivity index (χ3v) is 6.08. The maximum absolute atomic E-state index is 13.0. The smallest absolute Gasteiger partial charge is 0.326 e. The number of thioether (sulfide) groups is 1. The van der Waals surface area contributed by atoms with Gasteiger partial charge in [-0.2, -0.15) is 0 Å². The normalized spacial score (nSPS) is 15.2. The van der Waals surface area contributed by atoms with Crippen molar-refractivity contribution in [1.29, 1.82) is 0 Å². The molecule has 1 atom stereocenters. The minimum absolute atomic E-state index is 0.201. The van der Waals surface area contributed by atoms with E-state index in [0.717, 1.165) is 16.1 Å². The van der Waals surface area contributed by atoms with Gasteiger partial charge in [-0.25, -0.2) is 9.18 Å². The van der Waals surface area contributed by atoms with E-state index in [0.29, 0.717) is 29.6 Å². The molecule has 0 aliphatic carbocycles. The van der Waals surface area contributed by atoms with Gasteiger partial charge in [-0.1, -0.05) is 31.2 Å². The van der Waals surface area contributed by atoms with Gasteiger partial charge >= 0.3 is 6.03 Å². The van der Waals surface area contributed by atoms with Crippen molar-refractivity contribution in [3.05, 3.63) is 89.7 Å². The van der Waals surface area contributed by atoms with E-state index in [2.05, 4.69) is 17.6 Å². The average Bonchev–Trinajstić information content (AvgIpc) is 2.78. The van der Waals surface area contributed by atoms with Crippen molar-refractivity contribution in [1.82, 2.24) is 5.32 Å². The van der Waals surface area contributed by atoms with Crippen LogP contribution in [0.2, 0.25) is 0 Å². The maximum Gasteiger partial charge on any atom is 0.326 e. The first-order chi connectivity index (χ1) is 15.0. The fraction of sp³-hybridized carbons (Fsp3) is 0.167. The van der Waals surface area contributed by atoms with Crippen LogP contribution < -0.4 is 15.5 Å². The molecule has 0 aromatic heterocycles. The highest BCUT2D eigenvalue weighted by Crippen LogP contribution is 2.38. The van der Waals surface area contributed by atoms with Crippen LogP contribution in [-0.2, 0) is 6.54 Å². The number of rotatable bonds is 4. The molecule has 0 saturated carbocycles. The Hall–Kier alpha value is -3.32. The van der Waals surface area contributed by atoms with E-state index in [-0.39, 0.29) is 17.8 Å². The summed E-state index contributed by atoms with van der Waals surface area (Å²) in [5.41, 5.74) is 2.81. The van der Waals surface area contributed by atoms with E-state index >= 15 is 0 Å². The Kier molecular flexibility index (Phi) is 6.23. The molecule has 31 heavy (non-hydrogen) atoms. The number of anilines is 2. The van der Waals surface area contributed by atoms with Crippen molar-refractivity contribution in [2.75, 3.05) is 16.8 Å². The Balaban J connectivity index is 1.38. The number of urea groups is 1. The number of hydrogen-bond donors (Lipinski definition) is 2. The van der Waals surface area contributed by atoms with Gasteiger partial charge in [-0.05, 0) is 54.1 Å². The Bertz CT molecular complexity index is 1090. The van der Waals surface area contributed by atoms with Crippen LogP contribution in [0.25, 0.3) is 0 Å². The van der Waals surface area contributed by atoms with Gasteiger partial charge in [0.05, 0.1) is 5.69 Å². The molecule has 158 valence electrons. The number of benzene rings is 3. The topological polar surface area (TPSA) is 61.4 Å². The molecule has 5 nitrogen and oxygen atoms in total. The second-order valence-corrected chi connectivity index (χ2v) is 8.80. The number of amides is 3. The standard InChI is InChI=1S/C24H22FN3O2S/c1-16-15-28(21-4-2-3-5-22(21)31-16)24(30)27-20-12-8-18(9-13-20)23(29)26-14-17-6-10-19(25)11-7-17/h2-13,16H,14-15H2,1H3,(H,26,29)(H,27,30). The Morgan fingerprint density at radius 3 is 2.48 bits per heavy atom. The fourth-order valence-electron chi connectivity index (χ4n) is 3.36. The third kappa shape index (κ3) is 5.06. The van der Waals surface area contributed by atoms with Crippen molar-refractivity contribution in [3.8, 4) is 0 Å². The first-order valence-electron chi connectivity index (χ1n) is 9.96. The second kappa shape index (κ2) is 9.22. The zero-order chi connectivity index (χ0) is 21.8.